The van der Waals surface area contributed by atoms with Crippen molar-refractivity contribution in [2.75, 3.05) is 20.8 Å². The number of aryl methyl sites for hydroxylation is 2. The van der Waals surface area contributed by atoms with Gasteiger partial charge < -0.3 is 24.7 Å². The Morgan fingerprint density at radius 2 is 1.67 bits per heavy atom. The van der Waals surface area contributed by atoms with Crippen molar-refractivity contribution in [3.63, 3.8) is 0 Å². The number of amides is 1. The van der Waals surface area contributed by atoms with Gasteiger partial charge in [0.15, 0.2) is 23.8 Å². The van der Waals surface area contributed by atoms with Gasteiger partial charge in [-0.3, -0.25) is 4.79 Å². The summed E-state index contributed by atoms with van der Waals surface area (Å²) in [4.78, 5) is 27.7. The van der Waals surface area contributed by atoms with E-state index in [1.165, 1.54) is 14.2 Å². The third-order valence-electron chi connectivity index (χ3n) is 4.23. The molecule has 0 aliphatic carbocycles. The minimum absolute atomic E-state index is 0.138. The standard InChI is InChI=1S/C22H22N2O6/c1-12-5-13(2)7-15(6-12)21-24-16(22(26)30-21)8-14-9-17(27-3)20(18(10-14)28-4)29-11-19(23)25/h5-10H,11H2,1-4H3,(H2,23,25)/b16-8+. The van der Waals surface area contributed by atoms with Gasteiger partial charge in [0.25, 0.3) is 5.91 Å². The zero-order valence-corrected chi connectivity index (χ0v) is 17.1. The van der Waals surface area contributed by atoms with E-state index in [0.29, 0.717) is 17.1 Å². The summed E-state index contributed by atoms with van der Waals surface area (Å²) in [5.74, 6) is -0.0872. The molecule has 0 bridgehead atoms. The topological polar surface area (TPSA) is 109 Å². The quantitative estimate of drug-likeness (QED) is 0.555. The van der Waals surface area contributed by atoms with Crippen LogP contribution in [0.25, 0.3) is 6.08 Å². The van der Waals surface area contributed by atoms with E-state index in [1.807, 2.05) is 32.0 Å². The van der Waals surface area contributed by atoms with Crippen LogP contribution >= 0.6 is 0 Å². The number of cyclic esters (lactones) is 1. The Bertz CT molecular complexity index is 1030. The van der Waals surface area contributed by atoms with Crippen LogP contribution in [0.3, 0.4) is 0 Å². The normalized spacial score (nSPS) is 14.3. The minimum atomic E-state index is -0.632. The summed E-state index contributed by atoms with van der Waals surface area (Å²) in [7, 11) is 2.89. The number of nitrogens with zero attached hydrogens (tertiary/aromatic N) is 1. The number of hydrogen-bond acceptors (Lipinski definition) is 7. The van der Waals surface area contributed by atoms with E-state index >= 15 is 0 Å². The molecule has 0 atom stereocenters. The Morgan fingerprint density at radius 3 is 2.20 bits per heavy atom. The predicted molar refractivity (Wildman–Crippen MR) is 111 cm³/mol. The average Bonchev–Trinajstić information content (AvgIpc) is 3.05. The molecule has 0 unspecified atom stereocenters. The van der Waals surface area contributed by atoms with Crippen molar-refractivity contribution < 1.29 is 28.5 Å². The van der Waals surface area contributed by atoms with E-state index in [1.54, 1.807) is 18.2 Å². The second kappa shape index (κ2) is 8.69. The van der Waals surface area contributed by atoms with E-state index in [4.69, 9.17) is 24.7 Å². The summed E-state index contributed by atoms with van der Waals surface area (Å²) in [6.07, 6.45) is 1.56. The Kier molecular flexibility index (Phi) is 6.06. The van der Waals surface area contributed by atoms with E-state index in [-0.39, 0.29) is 24.0 Å². The lowest BCUT2D eigenvalue weighted by atomic mass is 10.1. The average molecular weight is 410 g/mol. The summed E-state index contributed by atoms with van der Waals surface area (Å²) in [5.41, 5.74) is 8.67. The van der Waals surface area contributed by atoms with Crippen LogP contribution in [0, 0.1) is 13.8 Å². The number of rotatable bonds is 7. The van der Waals surface area contributed by atoms with Crippen LogP contribution in [0.1, 0.15) is 22.3 Å². The highest BCUT2D eigenvalue weighted by molar-refractivity contribution is 6.13. The van der Waals surface area contributed by atoms with Gasteiger partial charge in [0.05, 0.1) is 14.2 Å². The molecule has 1 aliphatic rings. The fraction of sp³-hybridized carbons (Fsp3) is 0.227. The maximum Gasteiger partial charge on any atom is 0.363 e. The number of carbonyl (C=O) groups is 2. The fourth-order valence-corrected chi connectivity index (χ4v) is 3.06. The van der Waals surface area contributed by atoms with Crippen molar-refractivity contribution in [3.8, 4) is 17.2 Å². The van der Waals surface area contributed by atoms with E-state index in [9.17, 15) is 9.59 Å². The number of ether oxygens (including phenoxy) is 4. The molecule has 30 heavy (non-hydrogen) atoms. The molecule has 2 N–H and O–H groups in total. The Balaban J connectivity index is 1.98. The SMILES string of the molecule is COc1cc(/C=C2/N=C(c3cc(C)cc(C)c3)OC2=O)cc(OC)c1OCC(N)=O. The summed E-state index contributed by atoms with van der Waals surface area (Å²) in [6, 6.07) is 9.09. The highest BCUT2D eigenvalue weighted by Crippen LogP contribution is 2.39. The molecule has 2 aromatic carbocycles. The lowest BCUT2D eigenvalue weighted by molar-refractivity contribution is -0.130. The summed E-state index contributed by atoms with van der Waals surface area (Å²) < 4.78 is 21.4. The number of carbonyl (C=O) groups excluding carboxylic acids is 2. The zero-order valence-electron chi connectivity index (χ0n) is 17.1. The molecule has 3 rings (SSSR count). The van der Waals surface area contributed by atoms with E-state index < -0.39 is 11.9 Å². The number of methoxy groups -OCH3 is 2. The first-order chi connectivity index (χ1) is 14.3. The molecule has 1 amide bonds. The molecule has 2 aromatic rings. The highest BCUT2D eigenvalue weighted by Gasteiger charge is 2.25. The van der Waals surface area contributed by atoms with E-state index in [2.05, 4.69) is 4.99 Å². The van der Waals surface area contributed by atoms with Crippen LogP contribution < -0.4 is 19.9 Å². The minimum Gasteiger partial charge on any atom is -0.493 e. The molecule has 0 saturated heterocycles. The summed E-state index contributed by atoms with van der Waals surface area (Å²) in [6.45, 7) is 3.60. The van der Waals surface area contributed by atoms with Crippen LogP contribution in [-0.2, 0) is 14.3 Å². The zero-order chi connectivity index (χ0) is 21.8. The molecule has 0 fully saturated rings. The van der Waals surface area contributed by atoms with Gasteiger partial charge in [-0.2, -0.15) is 0 Å². The summed E-state index contributed by atoms with van der Waals surface area (Å²) in [5, 5.41) is 0. The first-order valence-electron chi connectivity index (χ1n) is 9.09. The van der Waals surface area contributed by atoms with Crippen molar-refractivity contribution >= 4 is 23.9 Å². The third-order valence-corrected chi connectivity index (χ3v) is 4.23. The number of hydrogen-bond donors (Lipinski definition) is 1. The molecule has 1 heterocycles. The number of nitrogens with two attached hydrogens (primary N) is 1. The number of primary amides is 1. The Hall–Kier alpha value is -3.81. The molecule has 156 valence electrons. The third kappa shape index (κ3) is 4.60. The van der Waals surface area contributed by atoms with E-state index in [0.717, 1.165) is 16.7 Å². The summed E-state index contributed by atoms with van der Waals surface area (Å²) >= 11 is 0. The number of aliphatic imine (C=N–C) groups is 1. The molecule has 0 radical (unpaired) electrons. The van der Waals surface area contributed by atoms with Gasteiger partial charge >= 0.3 is 5.97 Å². The van der Waals surface area contributed by atoms with Crippen molar-refractivity contribution in [3.05, 3.63) is 58.3 Å². The molecule has 1 aliphatic heterocycles. The van der Waals surface area contributed by atoms with Gasteiger partial charge in [-0.15, -0.1) is 0 Å². The molecular weight excluding hydrogens is 388 g/mol. The van der Waals surface area contributed by atoms with Gasteiger partial charge in [0.2, 0.25) is 11.6 Å². The maximum atomic E-state index is 12.3. The Morgan fingerprint density at radius 1 is 1.07 bits per heavy atom. The largest absolute Gasteiger partial charge is 0.493 e. The van der Waals surface area contributed by atoms with Gasteiger partial charge in [-0.1, -0.05) is 17.2 Å². The van der Waals surface area contributed by atoms with Gasteiger partial charge in [0.1, 0.15) is 0 Å². The van der Waals surface area contributed by atoms with Crippen molar-refractivity contribution in [1.29, 1.82) is 0 Å². The van der Waals surface area contributed by atoms with Crippen molar-refractivity contribution in [2.24, 2.45) is 10.7 Å². The first kappa shape index (κ1) is 20.9. The molecule has 8 heteroatoms. The lowest BCUT2D eigenvalue weighted by Crippen LogP contribution is -2.20. The first-order valence-corrected chi connectivity index (χ1v) is 9.09. The highest BCUT2D eigenvalue weighted by atomic mass is 16.6. The number of benzene rings is 2. The van der Waals surface area contributed by atoms with Crippen LogP contribution in [-0.4, -0.2) is 38.6 Å². The van der Waals surface area contributed by atoms with Crippen LogP contribution in [0.4, 0.5) is 0 Å². The molecule has 8 nitrogen and oxygen atoms in total. The second-order valence-corrected chi connectivity index (χ2v) is 6.72. The van der Waals surface area contributed by atoms with Crippen molar-refractivity contribution in [1.82, 2.24) is 0 Å². The molecule has 0 aromatic heterocycles. The van der Waals surface area contributed by atoms with Crippen LogP contribution in [0.5, 0.6) is 17.2 Å². The van der Waals surface area contributed by atoms with Gasteiger partial charge in [-0.25, -0.2) is 9.79 Å². The smallest absolute Gasteiger partial charge is 0.363 e. The Labute approximate surface area is 173 Å². The van der Waals surface area contributed by atoms with Gasteiger partial charge in [-0.05, 0) is 49.8 Å². The fourth-order valence-electron chi connectivity index (χ4n) is 3.06. The second-order valence-electron chi connectivity index (χ2n) is 6.72. The predicted octanol–water partition coefficient (Wildman–Crippen LogP) is 2.53. The molecule has 0 spiro atoms. The van der Waals surface area contributed by atoms with Crippen LogP contribution in [0.2, 0.25) is 0 Å². The van der Waals surface area contributed by atoms with Crippen LogP contribution in [0.15, 0.2) is 41.0 Å². The number of esters is 1. The maximum absolute atomic E-state index is 12.3. The monoisotopic (exact) mass is 410 g/mol. The molecule has 0 saturated carbocycles. The lowest BCUT2D eigenvalue weighted by Gasteiger charge is -2.14. The van der Waals surface area contributed by atoms with Crippen molar-refractivity contribution in [2.45, 2.75) is 13.8 Å². The van der Waals surface area contributed by atoms with Gasteiger partial charge in [0, 0.05) is 5.56 Å². The molecular formula is C22H22N2O6.